The van der Waals surface area contributed by atoms with Crippen LogP contribution in [0.4, 0.5) is 0 Å². The van der Waals surface area contributed by atoms with Crippen LogP contribution in [0, 0.1) is 5.41 Å². The Balaban J connectivity index is 2.70. The number of furan rings is 1. The number of nitrogens with one attached hydrogen (secondary N) is 2. The van der Waals surface area contributed by atoms with Gasteiger partial charge in [0.25, 0.3) is 10.0 Å². The Labute approximate surface area is 120 Å². The Morgan fingerprint density at radius 3 is 2.50 bits per heavy atom. The highest BCUT2D eigenvalue weighted by Crippen LogP contribution is 2.22. The van der Waals surface area contributed by atoms with E-state index in [0.29, 0.717) is 18.7 Å². The monoisotopic (exact) mass is 304 g/mol. The third-order valence-electron chi connectivity index (χ3n) is 3.16. The maximum atomic E-state index is 11.6. The van der Waals surface area contributed by atoms with Crippen LogP contribution in [-0.2, 0) is 16.6 Å². The molecule has 0 bridgehead atoms. The molecule has 1 rings (SSSR count). The van der Waals surface area contributed by atoms with Crippen molar-refractivity contribution >= 4 is 10.0 Å². The smallest absolute Gasteiger partial charge is 0.273 e. The maximum Gasteiger partial charge on any atom is 0.273 e. The lowest BCUT2D eigenvalue weighted by Gasteiger charge is -2.31. The first-order valence-electron chi connectivity index (χ1n) is 6.57. The molecule has 0 spiro atoms. The summed E-state index contributed by atoms with van der Waals surface area (Å²) in [7, 11) is -2.20. The van der Waals surface area contributed by atoms with E-state index in [0.717, 1.165) is 0 Å². The van der Waals surface area contributed by atoms with Crippen LogP contribution in [-0.4, -0.2) is 33.2 Å². The Morgan fingerprint density at radius 1 is 1.35 bits per heavy atom. The first kappa shape index (κ1) is 17.2. The predicted octanol–water partition coefficient (Wildman–Crippen LogP) is 1.07. The van der Waals surface area contributed by atoms with Gasteiger partial charge in [0, 0.05) is 12.6 Å². The number of rotatable bonds is 7. The zero-order valence-electron chi connectivity index (χ0n) is 12.4. The van der Waals surface area contributed by atoms with Crippen molar-refractivity contribution in [1.82, 2.24) is 10.0 Å². The maximum absolute atomic E-state index is 11.6. The van der Waals surface area contributed by atoms with Crippen molar-refractivity contribution in [2.45, 2.75) is 44.9 Å². The molecule has 0 fully saturated rings. The van der Waals surface area contributed by atoms with Crippen molar-refractivity contribution in [2.24, 2.45) is 5.41 Å². The van der Waals surface area contributed by atoms with Gasteiger partial charge in [0.15, 0.2) is 0 Å². The van der Waals surface area contributed by atoms with E-state index in [4.69, 9.17) is 9.52 Å². The summed E-state index contributed by atoms with van der Waals surface area (Å²) in [5, 5.41) is 12.3. The molecule has 0 amide bonds. The van der Waals surface area contributed by atoms with Gasteiger partial charge in [-0.3, -0.25) is 0 Å². The first-order chi connectivity index (χ1) is 9.20. The van der Waals surface area contributed by atoms with Crippen LogP contribution in [0.15, 0.2) is 21.6 Å². The molecular formula is C13H24N2O4S. The molecule has 1 aromatic heterocycles. The summed E-state index contributed by atoms with van der Waals surface area (Å²) in [5.41, 5.74) is -0.00476. The van der Waals surface area contributed by atoms with Crippen molar-refractivity contribution in [3.05, 3.63) is 17.9 Å². The number of aliphatic hydroxyl groups is 1. The lowest BCUT2D eigenvalue weighted by molar-refractivity contribution is 0.193. The SMILES string of the molecule is CNS(=O)(=O)c1ccc(CNC(CCO)C(C)(C)C)o1. The van der Waals surface area contributed by atoms with Gasteiger partial charge < -0.3 is 14.8 Å². The van der Waals surface area contributed by atoms with Gasteiger partial charge in [0.05, 0.1) is 6.54 Å². The minimum atomic E-state index is -3.54. The van der Waals surface area contributed by atoms with Crippen LogP contribution in [0.25, 0.3) is 0 Å². The van der Waals surface area contributed by atoms with Gasteiger partial charge in [-0.1, -0.05) is 20.8 Å². The third kappa shape index (κ3) is 4.59. The predicted molar refractivity (Wildman–Crippen MR) is 76.7 cm³/mol. The van der Waals surface area contributed by atoms with Crippen molar-refractivity contribution in [2.75, 3.05) is 13.7 Å². The van der Waals surface area contributed by atoms with Crippen LogP contribution >= 0.6 is 0 Å². The van der Waals surface area contributed by atoms with E-state index in [2.05, 4.69) is 30.8 Å². The molecule has 0 aromatic carbocycles. The molecule has 0 radical (unpaired) electrons. The van der Waals surface area contributed by atoms with Crippen LogP contribution in [0.1, 0.15) is 33.0 Å². The summed E-state index contributed by atoms with van der Waals surface area (Å²) in [6, 6.07) is 3.18. The molecule has 0 saturated carbocycles. The average Bonchev–Trinajstić information content (AvgIpc) is 2.82. The van der Waals surface area contributed by atoms with Crippen LogP contribution < -0.4 is 10.0 Å². The van der Waals surface area contributed by atoms with Crippen LogP contribution in [0.5, 0.6) is 0 Å². The Bertz CT molecular complexity index is 517. The highest BCUT2D eigenvalue weighted by molar-refractivity contribution is 7.89. The van der Waals surface area contributed by atoms with Crippen molar-refractivity contribution < 1.29 is 17.9 Å². The second kappa shape index (κ2) is 6.71. The van der Waals surface area contributed by atoms with E-state index in [1.807, 2.05) is 0 Å². The second-order valence-electron chi connectivity index (χ2n) is 5.74. The fraction of sp³-hybridized carbons (Fsp3) is 0.692. The zero-order chi connectivity index (χ0) is 15.4. The average molecular weight is 304 g/mol. The minimum Gasteiger partial charge on any atom is -0.447 e. The molecule has 0 aliphatic rings. The van der Waals surface area contributed by atoms with Gasteiger partial charge in [0.2, 0.25) is 5.09 Å². The zero-order valence-corrected chi connectivity index (χ0v) is 13.3. The molecule has 20 heavy (non-hydrogen) atoms. The summed E-state index contributed by atoms with van der Waals surface area (Å²) in [5.74, 6) is 0.547. The molecule has 3 N–H and O–H groups in total. The van der Waals surface area contributed by atoms with E-state index >= 15 is 0 Å². The molecule has 1 unspecified atom stereocenters. The van der Waals surface area contributed by atoms with E-state index in [1.165, 1.54) is 13.1 Å². The van der Waals surface area contributed by atoms with Gasteiger partial charge in [-0.2, -0.15) is 0 Å². The third-order valence-corrected chi connectivity index (χ3v) is 4.44. The lowest BCUT2D eigenvalue weighted by atomic mass is 9.85. The normalized spacial score (nSPS) is 14.4. The highest BCUT2D eigenvalue weighted by Gasteiger charge is 2.24. The van der Waals surface area contributed by atoms with E-state index < -0.39 is 10.0 Å². The highest BCUT2D eigenvalue weighted by atomic mass is 32.2. The standard InChI is InChI=1S/C13H24N2O4S/c1-13(2,3)11(7-8-16)15-9-10-5-6-12(19-10)20(17,18)14-4/h5-6,11,14-16H,7-9H2,1-4H3. The molecule has 6 nitrogen and oxygen atoms in total. The Kier molecular flexibility index (Phi) is 5.76. The number of hydrogen-bond donors (Lipinski definition) is 3. The molecule has 0 aliphatic carbocycles. The van der Waals surface area contributed by atoms with Gasteiger partial charge >= 0.3 is 0 Å². The molecule has 0 saturated heterocycles. The van der Waals surface area contributed by atoms with Gasteiger partial charge in [-0.25, -0.2) is 13.1 Å². The van der Waals surface area contributed by atoms with Gasteiger partial charge in [0.1, 0.15) is 5.76 Å². The van der Waals surface area contributed by atoms with E-state index in [1.54, 1.807) is 6.07 Å². The molecular weight excluding hydrogens is 280 g/mol. The summed E-state index contributed by atoms with van der Waals surface area (Å²) in [4.78, 5) is 0. The Morgan fingerprint density at radius 2 is 2.00 bits per heavy atom. The quantitative estimate of drug-likeness (QED) is 0.701. The van der Waals surface area contributed by atoms with E-state index in [-0.39, 0.29) is 23.2 Å². The minimum absolute atomic E-state index is 0.00476. The molecule has 7 heteroatoms. The van der Waals surface area contributed by atoms with E-state index in [9.17, 15) is 8.42 Å². The molecule has 1 heterocycles. The van der Waals surface area contributed by atoms with Gasteiger partial charge in [-0.05, 0) is 31.0 Å². The summed E-state index contributed by atoms with van der Waals surface area (Å²) in [6.07, 6.45) is 0.631. The van der Waals surface area contributed by atoms with Crippen LogP contribution in [0.3, 0.4) is 0 Å². The van der Waals surface area contributed by atoms with Gasteiger partial charge in [-0.15, -0.1) is 0 Å². The largest absolute Gasteiger partial charge is 0.447 e. The topological polar surface area (TPSA) is 91.6 Å². The summed E-state index contributed by atoms with van der Waals surface area (Å²) in [6.45, 7) is 6.77. The number of aliphatic hydroxyl groups excluding tert-OH is 1. The molecule has 0 aliphatic heterocycles. The fourth-order valence-electron chi connectivity index (χ4n) is 1.89. The van der Waals surface area contributed by atoms with Crippen LogP contribution in [0.2, 0.25) is 0 Å². The summed E-state index contributed by atoms with van der Waals surface area (Å²) < 4.78 is 30.6. The molecule has 1 atom stereocenters. The lowest BCUT2D eigenvalue weighted by Crippen LogP contribution is -2.40. The Hall–Kier alpha value is -0.890. The number of sulfonamides is 1. The van der Waals surface area contributed by atoms with Crippen molar-refractivity contribution in [1.29, 1.82) is 0 Å². The fourth-order valence-corrected chi connectivity index (χ4v) is 2.56. The molecule has 1 aromatic rings. The van der Waals surface area contributed by atoms with Crippen molar-refractivity contribution in [3.63, 3.8) is 0 Å². The first-order valence-corrected chi connectivity index (χ1v) is 8.05. The number of hydrogen-bond acceptors (Lipinski definition) is 5. The van der Waals surface area contributed by atoms with Crippen molar-refractivity contribution in [3.8, 4) is 0 Å². The summed E-state index contributed by atoms with van der Waals surface area (Å²) >= 11 is 0. The molecule has 116 valence electrons. The second-order valence-corrected chi connectivity index (χ2v) is 7.56.